The van der Waals surface area contributed by atoms with Crippen LogP contribution in [0.2, 0.25) is 0 Å². The van der Waals surface area contributed by atoms with Gasteiger partial charge < -0.3 is 4.42 Å². The molecule has 0 bridgehead atoms. The van der Waals surface area contributed by atoms with E-state index >= 15 is 0 Å². The zero-order valence-electron chi connectivity index (χ0n) is 27.5. The summed E-state index contributed by atoms with van der Waals surface area (Å²) in [7, 11) is 0. The Morgan fingerprint density at radius 1 is 0.294 bits per heavy atom. The third-order valence-electron chi connectivity index (χ3n) is 9.68. The van der Waals surface area contributed by atoms with E-state index in [4.69, 9.17) is 19.4 Å². The van der Waals surface area contributed by atoms with Crippen molar-refractivity contribution in [2.45, 2.75) is 0 Å². The lowest BCUT2D eigenvalue weighted by Gasteiger charge is -2.15. The Balaban J connectivity index is 1.25. The van der Waals surface area contributed by atoms with Crippen molar-refractivity contribution in [2.75, 3.05) is 0 Å². The summed E-state index contributed by atoms with van der Waals surface area (Å²) < 4.78 is 6.20. The van der Waals surface area contributed by atoms with Crippen LogP contribution in [0.25, 0.3) is 99.9 Å². The van der Waals surface area contributed by atoms with Crippen LogP contribution in [-0.2, 0) is 0 Å². The number of hydrogen-bond donors (Lipinski definition) is 0. The van der Waals surface area contributed by atoms with Crippen LogP contribution in [-0.4, -0.2) is 15.0 Å². The predicted molar refractivity (Wildman–Crippen MR) is 209 cm³/mol. The highest BCUT2D eigenvalue weighted by Gasteiger charge is 2.17. The molecule has 0 fully saturated rings. The molecule has 8 aromatic carbocycles. The number of nitrogens with zero attached hydrogens (tertiary/aromatic N) is 3. The highest BCUT2D eigenvalue weighted by Crippen LogP contribution is 2.40. The maximum Gasteiger partial charge on any atom is 0.164 e. The van der Waals surface area contributed by atoms with E-state index in [0.717, 1.165) is 60.9 Å². The van der Waals surface area contributed by atoms with Gasteiger partial charge >= 0.3 is 0 Å². The van der Waals surface area contributed by atoms with Gasteiger partial charge in [-0.25, -0.2) is 15.0 Å². The van der Waals surface area contributed by atoms with Gasteiger partial charge in [0.05, 0.1) is 0 Å². The van der Waals surface area contributed by atoms with Gasteiger partial charge in [0.25, 0.3) is 0 Å². The smallest absolute Gasteiger partial charge is 0.164 e. The van der Waals surface area contributed by atoms with E-state index < -0.39 is 0 Å². The van der Waals surface area contributed by atoms with Crippen LogP contribution in [0.5, 0.6) is 0 Å². The van der Waals surface area contributed by atoms with Crippen LogP contribution < -0.4 is 0 Å². The first kappa shape index (κ1) is 29.0. The third-order valence-corrected chi connectivity index (χ3v) is 9.68. The predicted octanol–water partition coefficient (Wildman–Crippen LogP) is 12.4. The molecular weight excluding hydrogens is 623 g/mol. The number of para-hydroxylation sites is 1. The summed E-state index contributed by atoms with van der Waals surface area (Å²) in [6, 6.07) is 61.2. The molecule has 2 heterocycles. The second-order valence-corrected chi connectivity index (χ2v) is 12.8. The lowest BCUT2D eigenvalue weighted by molar-refractivity contribution is 0.669. The highest BCUT2D eigenvalue weighted by molar-refractivity contribution is 6.14. The van der Waals surface area contributed by atoms with Crippen molar-refractivity contribution >= 4 is 43.5 Å². The minimum absolute atomic E-state index is 0.616. The van der Waals surface area contributed by atoms with E-state index in [2.05, 4.69) is 103 Å². The first-order valence-corrected chi connectivity index (χ1v) is 17.1. The van der Waals surface area contributed by atoms with E-state index in [-0.39, 0.29) is 0 Å². The molecule has 0 saturated heterocycles. The monoisotopic (exact) mass is 651 g/mol. The van der Waals surface area contributed by atoms with E-state index in [1.807, 2.05) is 72.8 Å². The van der Waals surface area contributed by atoms with Crippen LogP contribution in [0, 0.1) is 0 Å². The van der Waals surface area contributed by atoms with Crippen LogP contribution in [0.3, 0.4) is 0 Å². The molecule has 238 valence electrons. The molecule has 0 aliphatic rings. The average molecular weight is 652 g/mol. The number of furan rings is 1. The van der Waals surface area contributed by atoms with Crippen molar-refractivity contribution in [1.29, 1.82) is 0 Å². The Hall–Kier alpha value is -6.91. The van der Waals surface area contributed by atoms with E-state index in [1.165, 1.54) is 21.5 Å². The number of rotatable bonds is 5. The largest absolute Gasteiger partial charge is 0.456 e. The van der Waals surface area contributed by atoms with Crippen LogP contribution in [0.15, 0.2) is 180 Å². The maximum atomic E-state index is 6.20. The summed E-state index contributed by atoms with van der Waals surface area (Å²) in [5.41, 5.74) is 8.93. The summed E-state index contributed by atoms with van der Waals surface area (Å²) in [4.78, 5) is 15.2. The minimum atomic E-state index is 0.616. The van der Waals surface area contributed by atoms with Crippen molar-refractivity contribution in [2.24, 2.45) is 0 Å². The van der Waals surface area contributed by atoms with Crippen LogP contribution in [0.4, 0.5) is 0 Å². The van der Waals surface area contributed by atoms with Crippen molar-refractivity contribution < 1.29 is 4.42 Å². The Morgan fingerprint density at radius 3 is 1.55 bits per heavy atom. The van der Waals surface area contributed by atoms with Gasteiger partial charge in [0.15, 0.2) is 17.5 Å². The van der Waals surface area contributed by atoms with Crippen molar-refractivity contribution in [3.63, 3.8) is 0 Å². The number of hydrogen-bond acceptors (Lipinski definition) is 4. The first-order chi connectivity index (χ1) is 25.2. The standard InChI is InChI=1S/C47H29N3O/c1-3-13-30(14-4-1)45-48-46(31-15-5-2-6-16-31)50-47(49-45)36-26-34(32-23-24-44-42(28-32)40-21-11-12-22-43(40)51-44)25-35(27-36)41-29-33-17-7-8-18-37(33)38-19-9-10-20-39(38)41/h1-29H. The molecule has 0 aliphatic heterocycles. The maximum absolute atomic E-state index is 6.20. The van der Waals surface area contributed by atoms with Gasteiger partial charge in [-0.3, -0.25) is 0 Å². The van der Waals surface area contributed by atoms with Gasteiger partial charge in [0, 0.05) is 27.5 Å². The summed E-state index contributed by atoms with van der Waals surface area (Å²) in [6.45, 7) is 0. The fraction of sp³-hybridized carbons (Fsp3) is 0. The van der Waals surface area contributed by atoms with Crippen molar-refractivity contribution in [3.05, 3.63) is 176 Å². The molecule has 0 N–H and O–H groups in total. The minimum Gasteiger partial charge on any atom is -0.456 e. The second kappa shape index (κ2) is 11.9. The Bertz CT molecular complexity index is 2860. The van der Waals surface area contributed by atoms with Crippen molar-refractivity contribution in [1.82, 2.24) is 15.0 Å². The molecule has 4 nitrogen and oxygen atoms in total. The van der Waals surface area contributed by atoms with Gasteiger partial charge in [-0.05, 0) is 86.3 Å². The lowest BCUT2D eigenvalue weighted by Crippen LogP contribution is -2.00. The normalized spacial score (nSPS) is 11.5. The third kappa shape index (κ3) is 5.13. The first-order valence-electron chi connectivity index (χ1n) is 17.1. The summed E-state index contributed by atoms with van der Waals surface area (Å²) in [5.74, 6) is 1.88. The van der Waals surface area contributed by atoms with Gasteiger partial charge in [-0.15, -0.1) is 0 Å². The average Bonchev–Trinajstić information content (AvgIpc) is 3.59. The topological polar surface area (TPSA) is 51.8 Å². The molecule has 10 aromatic rings. The molecule has 2 aromatic heterocycles. The molecule has 0 atom stereocenters. The molecule has 0 aliphatic carbocycles. The molecule has 51 heavy (non-hydrogen) atoms. The molecule has 0 saturated carbocycles. The zero-order valence-corrected chi connectivity index (χ0v) is 27.5. The fourth-order valence-corrected chi connectivity index (χ4v) is 7.22. The second-order valence-electron chi connectivity index (χ2n) is 12.8. The molecule has 0 amide bonds. The fourth-order valence-electron chi connectivity index (χ4n) is 7.22. The van der Waals surface area contributed by atoms with E-state index in [1.54, 1.807) is 0 Å². The lowest BCUT2D eigenvalue weighted by atomic mass is 9.90. The van der Waals surface area contributed by atoms with Crippen LogP contribution >= 0.6 is 0 Å². The van der Waals surface area contributed by atoms with E-state index in [0.29, 0.717) is 17.5 Å². The summed E-state index contributed by atoms with van der Waals surface area (Å²) in [6.07, 6.45) is 0. The molecular formula is C47H29N3O. The van der Waals surface area contributed by atoms with Gasteiger partial charge in [-0.1, -0.05) is 133 Å². The van der Waals surface area contributed by atoms with Gasteiger partial charge in [-0.2, -0.15) is 0 Å². The summed E-state index contributed by atoms with van der Waals surface area (Å²) in [5, 5.41) is 7.04. The summed E-state index contributed by atoms with van der Waals surface area (Å²) >= 11 is 0. The zero-order chi connectivity index (χ0) is 33.7. The molecule has 0 unspecified atom stereocenters. The van der Waals surface area contributed by atoms with Crippen LogP contribution in [0.1, 0.15) is 0 Å². The van der Waals surface area contributed by atoms with Crippen molar-refractivity contribution in [3.8, 4) is 56.4 Å². The SMILES string of the molecule is c1ccc(-c2nc(-c3ccccc3)nc(-c3cc(-c4ccc5oc6ccccc6c5c4)cc(-c4cc5ccccc5c5ccccc45)c3)n2)cc1. The molecule has 10 rings (SSSR count). The number of fused-ring (bicyclic) bond motifs is 6. The Labute approximate surface area is 294 Å². The van der Waals surface area contributed by atoms with Gasteiger partial charge in [0.1, 0.15) is 11.2 Å². The number of aromatic nitrogens is 3. The molecule has 0 radical (unpaired) electrons. The highest BCUT2D eigenvalue weighted by atomic mass is 16.3. The molecule has 0 spiro atoms. The number of benzene rings is 8. The quantitative estimate of drug-likeness (QED) is 0.174. The Morgan fingerprint density at radius 2 is 0.824 bits per heavy atom. The van der Waals surface area contributed by atoms with E-state index in [9.17, 15) is 0 Å². The Kier molecular flexibility index (Phi) is 6.78. The van der Waals surface area contributed by atoms with Gasteiger partial charge in [0.2, 0.25) is 0 Å². The molecule has 4 heteroatoms.